The fraction of sp³-hybridized carbons (Fsp3) is 0.176. The van der Waals surface area contributed by atoms with Crippen LogP contribution in [0.3, 0.4) is 0 Å². The van der Waals surface area contributed by atoms with Crippen molar-refractivity contribution in [2.75, 3.05) is 10.6 Å². The first-order chi connectivity index (χ1) is 11.0. The minimum atomic E-state index is -1.15. The zero-order valence-electron chi connectivity index (χ0n) is 12.1. The van der Waals surface area contributed by atoms with Gasteiger partial charge in [0.05, 0.1) is 0 Å². The van der Waals surface area contributed by atoms with E-state index in [0.717, 1.165) is 0 Å². The number of hydrogen-bond acceptors (Lipinski definition) is 2. The van der Waals surface area contributed by atoms with E-state index in [1.54, 1.807) is 6.07 Å². The highest BCUT2D eigenvalue weighted by Gasteiger charge is 2.56. The van der Waals surface area contributed by atoms with Gasteiger partial charge in [-0.1, -0.05) is 6.07 Å². The summed E-state index contributed by atoms with van der Waals surface area (Å²) in [5.41, 5.74) is -0.433. The molecule has 1 aliphatic carbocycles. The molecule has 0 aromatic heterocycles. The van der Waals surface area contributed by atoms with E-state index in [4.69, 9.17) is 0 Å². The summed E-state index contributed by atoms with van der Waals surface area (Å²) in [6.45, 7) is 0. The van der Waals surface area contributed by atoms with Crippen LogP contribution in [0.1, 0.15) is 12.8 Å². The maximum Gasteiger partial charge on any atom is 0.240 e. The molecule has 0 atom stereocenters. The molecule has 0 unspecified atom stereocenters. The third-order valence-electron chi connectivity index (χ3n) is 3.80. The summed E-state index contributed by atoms with van der Waals surface area (Å²) in [5.74, 6) is -1.79. The van der Waals surface area contributed by atoms with Gasteiger partial charge in [-0.15, -0.1) is 0 Å². The predicted molar refractivity (Wildman–Crippen MR) is 81.7 cm³/mol. The number of amides is 2. The molecule has 0 spiro atoms. The van der Waals surface area contributed by atoms with Crippen molar-refractivity contribution in [2.45, 2.75) is 12.8 Å². The largest absolute Gasteiger partial charge is 0.325 e. The molecular formula is C17H14F2N2O2. The lowest BCUT2D eigenvalue weighted by molar-refractivity contribution is -0.131. The van der Waals surface area contributed by atoms with Crippen LogP contribution in [0.2, 0.25) is 0 Å². The van der Waals surface area contributed by atoms with Crippen LogP contribution >= 0.6 is 0 Å². The van der Waals surface area contributed by atoms with E-state index in [1.165, 1.54) is 42.5 Å². The Morgan fingerprint density at radius 2 is 1.43 bits per heavy atom. The molecule has 2 amide bonds. The van der Waals surface area contributed by atoms with Gasteiger partial charge in [0.1, 0.15) is 17.0 Å². The van der Waals surface area contributed by atoms with E-state index >= 15 is 0 Å². The molecule has 0 bridgehead atoms. The molecule has 4 nitrogen and oxygen atoms in total. The van der Waals surface area contributed by atoms with Crippen molar-refractivity contribution in [3.8, 4) is 0 Å². The average molecular weight is 316 g/mol. The zero-order valence-corrected chi connectivity index (χ0v) is 12.1. The number of hydrogen-bond donors (Lipinski definition) is 2. The quantitative estimate of drug-likeness (QED) is 0.850. The average Bonchev–Trinajstić information content (AvgIpc) is 3.31. The van der Waals surface area contributed by atoms with E-state index in [1.807, 2.05) is 0 Å². The summed E-state index contributed by atoms with van der Waals surface area (Å²) in [6, 6.07) is 10.8. The summed E-state index contributed by atoms with van der Waals surface area (Å²) in [4.78, 5) is 24.7. The highest BCUT2D eigenvalue weighted by Crippen LogP contribution is 2.47. The molecule has 1 fully saturated rings. The first kappa shape index (κ1) is 15.1. The van der Waals surface area contributed by atoms with E-state index in [0.29, 0.717) is 24.2 Å². The van der Waals surface area contributed by atoms with Gasteiger partial charge in [0.2, 0.25) is 11.8 Å². The maximum atomic E-state index is 13.1. The van der Waals surface area contributed by atoms with E-state index < -0.39 is 28.9 Å². The topological polar surface area (TPSA) is 58.2 Å². The van der Waals surface area contributed by atoms with Gasteiger partial charge in [-0.25, -0.2) is 8.78 Å². The molecular weight excluding hydrogens is 302 g/mol. The Morgan fingerprint density at radius 1 is 0.826 bits per heavy atom. The van der Waals surface area contributed by atoms with Gasteiger partial charge in [0, 0.05) is 11.4 Å². The summed E-state index contributed by atoms with van der Waals surface area (Å²) < 4.78 is 26.0. The lowest BCUT2D eigenvalue weighted by atomic mass is 10.0. The minimum absolute atomic E-state index is 0.302. The van der Waals surface area contributed by atoms with Crippen LogP contribution in [-0.2, 0) is 9.59 Å². The van der Waals surface area contributed by atoms with Crippen LogP contribution in [0.5, 0.6) is 0 Å². The summed E-state index contributed by atoms with van der Waals surface area (Å²) in [7, 11) is 0. The second-order valence-corrected chi connectivity index (χ2v) is 5.51. The van der Waals surface area contributed by atoms with Crippen molar-refractivity contribution in [1.82, 2.24) is 0 Å². The first-order valence-electron chi connectivity index (χ1n) is 7.14. The van der Waals surface area contributed by atoms with Gasteiger partial charge in [-0.3, -0.25) is 9.59 Å². The lowest BCUT2D eigenvalue weighted by Gasteiger charge is -2.15. The zero-order chi connectivity index (χ0) is 16.4. The Kier molecular flexibility index (Phi) is 3.82. The normalized spacial score (nSPS) is 14.9. The third kappa shape index (κ3) is 3.21. The van der Waals surface area contributed by atoms with Crippen molar-refractivity contribution in [1.29, 1.82) is 0 Å². The van der Waals surface area contributed by atoms with E-state index in [2.05, 4.69) is 10.6 Å². The number of nitrogens with one attached hydrogen (secondary N) is 2. The van der Waals surface area contributed by atoms with Crippen molar-refractivity contribution in [3.63, 3.8) is 0 Å². The number of halogens is 2. The van der Waals surface area contributed by atoms with E-state index in [-0.39, 0.29) is 0 Å². The fourth-order valence-corrected chi connectivity index (χ4v) is 2.28. The number of anilines is 2. The fourth-order valence-electron chi connectivity index (χ4n) is 2.28. The van der Waals surface area contributed by atoms with E-state index in [9.17, 15) is 18.4 Å². The van der Waals surface area contributed by atoms with Gasteiger partial charge >= 0.3 is 0 Å². The highest BCUT2D eigenvalue weighted by molar-refractivity contribution is 6.16. The molecule has 23 heavy (non-hydrogen) atoms. The molecule has 118 valence electrons. The predicted octanol–water partition coefficient (Wildman–Crippen LogP) is 3.32. The van der Waals surface area contributed by atoms with Gasteiger partial charge in [0.25, 0.3) is 0 Å². The Bertz CT molecular complexity index is 755. The molecule has 0 heterocycles. The van der Waals surface area contributed by atoms with Gasteiger partial charge < -0.3 is 10.6 Å². The van der Waals surface area contributed by atoms with Crippen molar-refractivity contribution < 1.29 is 18.4 Å². The SMILES string of the molecule is O=C(Nc1ccc(F)cc1)C1(C(=O)Nc2cccc(F)c2)CC1. The number of carbonyl (C=O) groups is 2. The van der Waals surface area contributed by atoms with Crippen molar-refractivity contribution in [2.24, 2.45) is 5.41 Å². The molecule has 0 radical (unpaired) electrons. The Morgan fingerprint density at radius 3 is 2.00 bits per heavy atom. The smallest absolute Gasteiger partial charge is 0.240 e. The summed E-state index contributed by atoms with van der Waals surface area (Å²) in [5, 5.41) is 5.17. The standard InChI is InChI=1S/C17H14F2N2O2/c18-11-4-6-13(7-5-11)20-15(22)17(8-9-17)16(23)21-14-3-1-2-12(19)10-14/h1-7,10H,8-9H2,(H,20,22)(H,21,23). The Labute approximate surface area is 131 Å². The Hall–Kier alpha value is -2.76. The van der Waals surface area contributed by atoms with Crippen LogP contribution < -0.4 is 10.6 Å². The molecule has 0 saturated heterocycles. The maximum absolute atomic E-state index is 13.1. The first-order valence-corrected chi connectivity index (χ1v) is 7.14. The van der Waals surface area contributed by atoms with Crippen LogP contribution in [0.4, 0.5) is 20.2 Å². The third-order valence-corrected chi connectivity index (χ3v) is 3.80. The van der Waals surface area contributed by atoms with Crippen molar-refractivity contribution >= 4 is 23.2 Å². The number of carbonyl (C=O) groups excluding carboxylic acids is 2. The summed E-state index contributed by atoms with van der Waals surface area (Å²) >= 11 is 0. The van der Waals surface area contributed by atoms with Gasteiger partial charge in [0.15, 0.2) is 0 Å². The van der Waals surface area contributed by atoms with Crippen LogP contribution in [0.25, 0.3) is 0 Å². The van der Waals surface area contributed by atoms with Gasteiger partial charge in [-0.2, -0.15) is 0 Å². The highest BCUT2D eigenvalue weighted by atomic mass is 19.1. The minimum Gasteiger partial charge on any atom is -0.325 e. The van der Waals surface area contributed by atoms with Crippen LogP contribution in [0, 0.1) is 17.0 Å². The number of rotatable bonds is 4. The monoisotopic (exact) mass is 316 g/mol. The molecule has 0 aliphatic heterocycles. The van der Waals surface area contributed by atoms with Crippen LogP contribution in [0.15, 0.2) is 48.5 Å². The van der Waals surface area contributed by atoms with Gasteiger partial charge in [-0.05, 0) is 55.3 Å². The van der Waals surface area contributed by atoms with Crippen molar-refractivity contribution in [3.05, 3.63) is 60.2 Å². The summed E-state index contributed by atoms with van der Waals surface area (Å²) in [6.07, 6.45) is 0.836. The van der Waals surface area contributed by atoms with Crippen LogP contribution in [-0.4, -0.2) is 11.8 Å². The second-order valence-electron chi connectivity index (χ2n) is 5.51. The molecule has 3 rings (SSSR count). The second kappa shape index (κ2) is 5.79. The molecule has 2 N–H and O–H groups in total. The lowest BCUT2D eigenvalue weighted by Crippen LogP contribution is -2.35. The molecule has 6 heteroatoms. The number of benzene rings is 2. The Balaban J connectivity index is 1.69. The molecule has 1 aliphatic rings. The molecule has 2 aromatic rings. The molecule has 2 aromatic carbocycles. The molecule has 1 saturated carbocycles.